The normalized spacial score (nSPS) is 14.9. The maximum Gasteiger partial charge on any atom is 0.162 e. The Labute approximate surface area is 119 Å². The first-order chi connectivity index (χ1) is 9.20. The summed E-state index contributed by atoms with van der Waals surface area (Å²) in [7, 11) is 0. The number of benzene rings is 1. The molecule has 0 spiro atoms. The zero-order valence-corrected chi connectivity index (χ0v) is 12.4. The van der Waals surface area contributed by atoms with Gasteiger partial charge in [0, 0.05) is 18.7 Å². The van der Waals surface area contributed by atoms with Gasteiger partial charge in [-0.3, -0.25) is 0 Å². The number of rotatable bonds is 6. The fourth-order valence-corrected chi connectivity index (χ4v) is 1.44. The maximum absolute atomic E-state index is 13.0. The topological polar surface area (TPSA) is 41.5 Å². The van der Waals surface area contributed by atoms with Crippen LogP contribution in [0.3, 0.4) is 0 Å². The van der Waals surface area contributed by atoms with Crippen LogP contribution in [0.1, 0.15) is 27.7 Å². The Morgan fingerprint density at radius 2 is 1.90 bits per heavy atom. The summed E-state index contributed by atoms with van der Waals surface area (Å²) in [5.41, 5.74) is 0.0979. The van der Waals surface area contributed by atoms with Crippen molar-refractivity contribution in [1.82, 2.24) is 5.32 Å². The molecule has 0 aliphatic carbocycles. The molecule has 0 heterocycles. The minimum absolute atomic E-state index is 0.0228. The summed E-state index contributed by atoms with van der Waals surface area (Å²) >= 11 is 0. The molecule has 114 valence electrons. The van der Waals surface area contributed by atoms with Crippen LogP contribution in [-0.4, -0.2) is 30.4 Å². The van der Waals surface area contributed by atoms with E-state index in [0.717, 1.165) is 12.1 Å². The molecule has 0 aliphatic heterocycles. The molecule has 0 aliphatic rings. The highest BCUT2D eigenvalue weighted by Gasteiger charge is 2.20. The minimum Gasteiger partial charge on any atom is -0.491 e. The van der Waals surface area contributed by atoms with Crippen molar-refractivity contribution in [3.63, 3.8) is 0 Å². The number of nitrogens with one attached hydrogen (secondary N) is 1. The van der Waals surface area contributed by atoms with Crippen molar-refractivity contribution >= 4 is 0 Å². The molecule has 0 bridgehead atoms. The van der Waals surface area contributed by atoms with Crippen molar-refractivity contribution < 1.29 is 18.6 Å². The second-order valence-electron chi connectivity index (χ2n) is 6.04. The SMILES string of the molecule is CC(NCC(O)COc1ccc(F)c(F)c1)C(C)(C)C. The fourth-order valence-electron chi connectivity index (χ4n) is 1.44. The third-order valence-electron chi connectivity index (χ3n) is 3.29. The lowest BCUT2D eigenvalue weighted by Gasteiger charge is -2.29. The summed E-state index contributed by atoms with van der Waals surface area (Å²) in [5.74, 6) is -1.68. The van der Waals surface area contributed by atoms with Crippen molar-refractivity contribution in [1.29, 1.82) is 0 Å². The molecule has 0 aromatic heterocycles. The Morgan fingerprint density at radius 1 is 1.25 bits per heavy atom. The van der Waals surface area contributed by atoms with Crippen LogP contribution in [-0.2, 0) is 0 Å². The Kier molecular flexibility index (Phi) is 5.89. The summed E-state index contributed by atoms with van der Waals surface area (Å²) in [5, 5.41) is 13.0. The van der Waals surface area contributed by atoms with Crippen molar-refractivity contribution in [3.05, 3.63) is 29.8 Å². The van der Waals surface area contributed by atoms with Crippen molar-refractivity contribution in [3.8, 4) is 5.75 Å². The molecule has 5 heteroatoms. The second kappa shape index (κ2) is 6.99. The molecule has 0 saturated carbocycles. The summed E-state index contributed by atoms with van der Waals surface area (Å²) in [6, 6.07) is 3.53. The van der Waals surface area contributed by atoms with Crippen LogP contribution in [0.5, 0.6) is 5.75 Å². The molecule has 3 nitrogen and oxygen atoms in total. The van der Waals surface area contributed by atoms with Crippen LogP contribution in [0.2, 0.25) is 0 Å². The maximum atomic E-state index is 13.0. The van der Waals surface area contributed by atoms with Crippen LogP contribution >= 0.6 is 0 Å². The van der Waals surface area contributed by atoms with Crippen molar-refractivity contribution in [2.24, 2.45) is 5.41 Å². The lowest BCUT2D eigenvalue weighted by atomic mass is 9.88. The van der Waals surface area contributed by atoms with E-state index in [4.69, 9.17) is 4.74 Å². The number of halogens is 2. The van der Waals surface area contributed by atoms with Gasteiger partial charge in [-0.1, -0.05) is 20.8 Å². The van der Waals surface area contributed by atoms with E-state index in [2.05, 4.69) is 26.1 Å². The van der Waals surface area contributed by atoms with Crippen LogP contribution < -0.4 is 10.1 Å². The second-order valence-corrected chi connectivity index (χ2v) is 6.04. The Hall–Kier alpha value is -1.20. The minimum atomic E-state index is -0.962. The van der Waals surface area contributed by atoms with Crippen LogP contribution in [0.25, 0.3) is 0 Å². The molecule has 0 fully saturated rings. The Bertz CT molecular complexity index is 432. The molecular weight excluding hydrogens is 264 g/mol. The third-order valence-corrected chi connectivity index (χ3v) is 3.29. The van der Waals surface area contributed by atoms with Gasteiger partial charge in [-0.2, -0.15) is 0 Å². The van der Waals surface area contributed by atoms with Gasteiger partial charge in [0.2, 0.25) is 0 Å². The standard InChI is InChI=1S/C15H23F2NO2/c1-10(15(2,3)4)18-8-11(19)9-20-12-5-6-13(16)14(17)7-12/h5-7,10-11,18-19H,8-9H2,1-4H3. The molecule has 1 aromatic carbocycles. The largest absolute Gasteiger partial charge is 0.491 e. The van der Waals surface area contributed by atoms with E-state index < -0.39 is 17.7 Å². The van der Waals surface area contributed by atoms with E-state index in [1.165, 1.54) is 6.07 Å². The first kappa shape index (κ1) is 16.9. The van der Waals surface area contributed by atoms with Crippen molar-refractivity contribution in [2.45, 2.75) is 39.8 Å². The highest BCUT2D eigenvalue weighted by atomic mass is 19.2. The average molecular weight is 287 g/mol. The molecule has 2 atom stereocenters. The van der Waals surface area contributed by atoms with Gasteiger partial charge in [-0.25, -0.2) is 8.78 Å². The van der Waals surface area contributed by atoms with Crippen LogP contribution in [0.15, 0.2) is 18.2 Å². The molecule has 2 unspecified atom stereocenters. The van der Waals surface area contributed by atoms with Crippen LogP contribution in [0, 0.1) is 17.0 Å². The van der Waals surface area contributed by atoms with Gasteiger partial charge in [-0.05, 0) is 24.5 Å². The zero-order chi connectivity index (χ0) is 15.3. The van der Waals surface area contributed by atoms with E-state index in [0.29, 0.717) is 6.54 Å². The number of aliphatic hydroxyl groups excluding tert-OH is 1. The van der Waals surface area contributed by atoms with Gasteiger partial charge in [-0.15, -0.1) is 0 Å². The van der Waals surface area contributed by atoms with Gasteiger partial charge < -0.3 is 15.2 Å². The summed E-state index contributed by atoms with van der Waals surface area (Å²) in [4.78, 5) is 0. The van der Waals surface area contributed by atoms with E-state index in [9.17, 15) is 13.9 Å². The lowest BCUT2D eigenvalue weighted by Crippen LogP contribution is -2.42. The lowest BCUT2D eigenvalue weighted by molar-refractivity contribution is 0.0983. The zero-order valence-electron chi connectivity index (χ0n) is 12.4. The average Bonchev–Trinajstić information content (AvgIpc) is 2.36. The molecule has 1 aromatic rings. The monoisotopic (exact) mass is 287 g/mol. The molecule has 2 N–H and O–H groups in total. The van der Waals surface area contributed by atoms with E-state index in [-0.39, 0.29) is 23.8 Å². The predicted octanol–water partition coefficient (Wildman–Crippen LogP) is 2.73. The summed E-state index contributed by atoms with van der Waals surface area (Å²) in [6.45, 7) is 8.76. The van der Waals surface area contributed by atoms with Gasteiger partial charge in [0.25, 0.3) is 0 Å². The fraction of sp³-hybridized carbons (Fsp3) is 0.600. The van der Waals surface area contributed by atoms with Crippen molar-refractivity contribution in [2.75, 3.05) is 13.2 Å². The van der Waals surface area contributed by atoms with Gasteiger partial charge >= 0.3 is 0 Å². The highest BCUT2D eigenvalue weighted by Crippen LogP contribution is 2.18. The summed E-state index contributed by atoms with van der Waals surface area (Å²) < 4.78 is 30.9. The number of aliphatic hydroxyl groups is 1. The van der Waals surface area contributed by atoms with E-state index >= 15 is 0 Å². The van der Waals surface area contributed by atoms with E-state index in [1.54, 1.807) is 0 Å². The van der Waals surface area contributed by atoms with E-state index in [1.807, 2.05) is 6.92 Å². The first-order valence-electron chi connectivity index (χ1n) is 6.69. The molecular formula is C15H23F2NO2. The Balaban J connectivity index is 2.36. The number of hydrogen-bond donors (Lipinski definition) is 2. The molecule has 20 heavy (non-hydrogen) atoms. The summed E-state index contributed by atoms with van der Waals surface area (Å²) in [6.07, 6.45) is -0.715. The smallest absolute Gasteiger partial charge is 0.162 e. The molecule has 0 saturated heterocycles. The van der Waals surface area contributed by atoms with Gasteiger partial charge in [0.05, 0.1) is 0 Å². The molecule has 0 radical (unpaired) electrons. The Morgan fingerprint density at radius 3 is 2.45 bits per heavy atom. The predicted molar refractivity (Wildman–Crippen MR) is 74.8 cm³/mol. The first-order valence-corrected chi connectivity index (χ1v) is 6.69. The highest BCUT2D eigenvalue weighted by molar-refractivity contribution is 5.23. The number of ether oxygens (including phenoxy) is 1. The molecule has 0 amide bonds. The molecule has 1 rings (SSSR count). The number of hydrogen-bond acceptors (Lipinski definition) is 3. The van der Waals surface area contributed by atoms with Gasteiger partial charge in [0.15, 0.2) is 11.6 Å². The quantitative estimate of drug-likeness (QED) is 0.845. The van der Waals surface area contributed by atoms with Crippen LogP contribution in [0.4, 0.5) is 8.78 Å². The third kappa shape index (κ3) is 5.43. The van der Waals surface area contributed by atoms with Gasteiger partial charge in [0.1, 0.15) is 18.5 Å².